The summed E-state index contributed by atoms with van der Waals surface area (Å²) in [4.78, 5) is 2.41. The zero-order valence-electron chi connectivity index (χ0n) is 27.3. The van der Waals surface area contributed by atoms with Crippen LogP contribution >= 0.6 is 11.3 Å². The van der Waals surface area contributed by atoms with Crippen molar-refractivity contribution >= 4 is 80.9 Å². The fraction of sp³-hybridized carbons (Fsp3) is 0. The Labute approximate surface area is 294 Å². The monoisotopic (exact) mass is 653 g/mol. The Morgan fingerprint density at radius 1 is 0.340 bits per heavy atom. The van der Waals surface area contributed by atoms with E-state index in [-0.39, 0.29) is 0 Å². The number of benzene rings is 9. The molecular weight excluding hydrogens is 623 g/mol. The summed E-state index contributed by atoms with van der Waals surface area (Å²) in [6.07, 6.45) is 0. The second kappa shape index (κ2) is 11.7. The molecule has 10 aromatic rings. The molecule has 0 radical (unpaired) electrons. The van der Waals surface area contributed by atoms with Gasteiger partial charge in [0.05, 0.1) is 5.69 Å². The van der Waals surface area contributed by atoms with Crippen LogP contribution in [0.15, 0.2) is 188 Å². The Bertz CT molecular complexity index is 2870. The number of fused-ring (bicyclic) bond motifs is 8. The van der Waals surface area contributed by atoms with Gasteiger partial charge in [-0.05, 0) is 85.4 Å². The van der Waals surface area contributed by atoms with Crippen LogP contribution < -0.4 is 4.90 Å². The maximum atomic E-state index is 2.41. The van der Waals surface area contributed by atoms with Crippen LogP contribution in [0.4, 0.5) is 17.1 Å². The highest BCUT2D eigenvalue weighted by atomic mass is 32.1. The lowest BCUT2D eigenvalue weighted by Crippen LogP contribution is -2.11. The van der Waals surface area contributed by atoms with Gasteiger partial charge in [-0.3, -0.25) is 0 Å². The highest BCUT2D eigenvalue weighted by Gasteiger charge is 2.18. The number of hydrogen-bond acceptors (Lipinski definition) is 2. The molecule has 50 heavy (non-hydrogen) atoms. The third kappa shape index (κ3) is 4.76. The van der Waals surface area contributed by atoms with Gasteiger partial charge in [-0.15, -0.1) is 11.3 Å². The molecule has 0 saturated heterocycles. The Morgan fingerprint density at radius 2 is 0.940 bits per heavy atom. The third-order valence-electron chi connectivity index (χ3n) is 10.0. The molecule has 0 atom stereocenters. The Hall–Kier alpha value is -6.22. The van der Waals surface area contributed by atoms with E-state index in [1.165, 1.54) is 74.7 Å². The molecule has 0 saturated carbocycles. The molecule has 2 heteroatoms. The standard InChI is InChI=1S/C48H31NS/c1-2-10-33(11-3-1)41-15-8-9-17-46(41)49(39-27-22-36-19-18-34-12-4-6-14-40(34)45(36)31-39)38-25-20-32(21-26-38)37-24-28-43-44-29-23-35-13-5-7-16-42(35)48(44)50-47(43)30-37/h1-31H. The van der Waals surface area contributed by atoms with Gasteiger partial charge >= 0.3 is 0 Å². The lowest BCUT2D eigenvalue weighted by Gasteiger charge is -2.28. The molecule has 1 heterocycles. The summed E-state index contributed by atoms with van der Waals surface area (Å²) >= 11 is 1.90. The second-order valence-corrected chi connectivity index (χ2v) is 14.0. The van der Waals surface area contributed by atoms with E-state index in [1.54, 1.807) is 0 Å². The predicted octanol–water partition coefficient (Wildman–Crippen LogP) is 14.3. The first-order chi connectivity index (χ1) is 24.8. The Balaban J connectivity index is 1.11. The van der Waals surface area contributed by atoms with Crippen molar-refractivity contribution in [2.75, 3.05) is 4.90 Å². The van der Waals surface area contributed by atoms with Crippen molar-refractivity contribution in [2.24, 2.45) is 0 Å². The molecule has 0 spiro atoms. The van der Waals surface area contributed by atoms with Crippen molar-refractivity contribution < 1.29 is 0 Å². The van der Waals surface area contributed by atoms with Gasteiger partial charge in [0.15, 0.2) is 0 Å². The first-order valence-electron chi connectivity index (χ1n) is 17.1. The van der Waals surface area contributed by atoms with E-state index in [4.69, 9.17) is 0 Å². The maximum Gasteiger partial charge on any atom is 0.0540 e. The van der Waals surface area contributed by atoms with Gasteiger partial charge < -0.3 is 4.90 Å². The molecule has 0 N–H and O–H groups in total. The minimum Gasteiger partial charge on any atom is -0.310 e. The molecule has 10 rings (SSSR count). The van der Waals surface area contributed by atoms with Gasteiger partial charge in [0, 0.05) is 37.1 Å². The predicted molar refractivity (Wildman–Crippen MR) is 217 cm³/mol. The molecular formula is C48H31NS. The number of anilines is 3. The van der Waals surface area contributed by atoms with Gasteiger partial charge in [0.2, 0.25) is 0 Å². The molecule has 0 bridgehead atoms. The topological polar surface area (TPSA) is 3.24 Å². The van der Waals surface area contributed by atoms with Crippen molar-refractivity contribution in [3.63, 3.8) is 0 Å². The van der Waals surface area contributed by atoms with Gasteiger partial charge in [-0.1, -0.05) is 152 Å². The average Bonchev–Trinajstić information content (AvgIpc) is 3.57. The van der Waals surface area contributed by atoms with Gasteiger partial charge in [-0.25, -0.2) is 0 Å². The number of rotatable bonds is 5. The number of para-hydroxylation sites is 1. The number of thiophene rings is 1. The molecule has 0 aliphatic rings. The van der Waals surface area contributed by atoms with Crippen molar-refractivity contribution in [3.8, 4) is 22.3 Å². The summed E-state index contributed by atoms with van der Waals surface area (Å²) in [5.74, 6) is 0. The molecule has 1 nitrogen and oxygen atoms in total. The zero-order chi connectivity index (χ0) is 33.0. The second-order valence-electron chi connectivity index (χ2n) is 12.9. The minimum atomic E-state index is 1.12. The number of hydrogen-bond donors (Lipinski definition) is 0. The summed E-state index contributed by atoms with van der Waals surface area (Å²) in [5.41, 5.74) is 8.21. The van der Waals surface area contributed by atoms with E-state index in [9.17, 15) is 0 Å². The average molecular weight is 654 g/mol. The van der Waals surface area contributed by atoms with Crippen molar-refractivity contribution in [3.05, 3.63) is 188 Å². The first kappa shape index (κ1) is 28.8. The van der Waals surface area contributed by atoms with E-state index in [0.717, 1.165) is 17.1 Å². The van der Waals surface area contributed by atoms with Gasteiger partial charge in [0.25, 0.3) is 0 Å². The zero-order valence-corrected chi connectivity index (χ0v) is 28.1. The van der Waals surface area contributed by atoms with Gasteiger partial charge in [-0.2, -0.15) is 0 Å². The van der Waals surface area contributed by atoms with Crippen molar-refractivity contribution in [1.29, 1.82) is 0 Å². The summed E-state index contributed by atoms with van der Waals surface area (Å²) < 4.78 is 2.68. The van der Waals surface area contributed by atoms with Crippen LogP contribution in [0.5, 0.6) is 0 Å². The maximum absolute atomic E-state index is 2.41. The Kier molecular flexibility index (Phi) is 6.75. The largest absolute Gasteiger partial charge is 0.310 e. The van der Waals surface area contributed by atoms with E-state index in [2.05, 4.69) is 193 Å². The van der Waals surface area contributed by atoms with Crippen LogP contribution in [0.1, 0.15) is 0 Å². The Morgan fingerprint density at radius 3 is 1.78 bits per heavy atom. The highest BCUT2D eigenvalue weighted by molar-refractivity contribution is 7.26. The fourth-order valence-corrected chi connectivity index (χ4v) is 8.85. The normalized spacial score (nSPS) is 11.6. The quantitative estimate of drug-likeness (QED) is 0.167. The van der Waals surface area contributed by atoms with E-state index >= 15 is 0 Å². The summed E-state index contributed by atoms with van der Waals surface area (Å²) in [5, 5.41) is 10.3. The first-order valence-corrected chi connectivity index (χ1v) is 17.9. The van der Waals surface area contributed by atoms with Crippen LogP contribution in [-0.2, 0) is 0 Å². The lowest BCUT2D eigenvalue weighted by atomic mass is 9.99. The summed E-state index contributed by atoms with van der Waals surface area (Å²) in [7, 11) is 0. The fourth-order valence-electron chi connectivity index (χ4n) is 7.57. The van der Waals surface area contributed by atoms with Crippen molar-refractivity contribution in [1.82, 2.24) is 0 Å². The van der Waals surface area contributed by atoms with E-state index in [1.807, 2.05) is 11.3 Å². The molecule has 0 amide bonds. The molecule has 1 aromatic heterocycles. The van der Waals surface area contributed by atoms with E-state index < -0.39 is 0 Å². The SMILES string of the molecule is c1ccc(-c2ccccc2N(c2ccc(-c3ccc4c(c3)sc3c5ccccc5ccc43)cc2)c2ccc3ccc4ccccc4c3c2)cc1. The van der Waals surface area contributed by atoms with Crippen LogP contribution in [-0.4, -0.2) is 0 Å². The number of nitrogens with zero attached hydrogens (tertiary/aromatic N) is 1. The minimum absolute atomic E-state index is 1.12. The molecule has 0 aliphatic heterocycles. The molecule has 9 aromatic carbocycles. The van der Waals surface area contributed by atoms with Crippen LogP contribution in [0.2, 0.25) is 0 Å². The van der Waals surface area contributed by atoms with E-state index in [0.29, 0.717) is 0 Å². The molecule has 0 fully saturated rings. The van der Waals surface area contributed by atoms with Crippen LogP contribution in [0, 0.1) is 0 Å². The lowest BCUT2D eigenvalue weighted by molar-refractivity contribution is 1.29. The van der Waals surface area contributed by atoms with Crippen molar-refractivity contribution in [2.45, 2.75) is 0 Å². The van der Waals surface area contributed by atoms with Crippen LogP contribution in [0.25, 0.3) is 74.7 Å². The van der Waals surface area contributed by atoms with Crippen LogP contribution in [0.3, 0.4) is 0 Å². The summed E-state index contributed by atoms with van der Waals surface area (Å²) in [6, 6.07) is 68.7. The smallest absolute Gasteiger partial charge is 0.0540 e. The molecule has 0 aliphatic carbocycles. The highest BCUT2D eigenvalue weighted by Crippen LogP contribution is 2.44. The summed E-state index contributed by atoms with van der Waals surface area (Å²) in [6.45, 7) is 0. The molecule has 234 valence electrons. The third-order valence-corrected chi connectivity index (χ3v) is 11.2. The van der Waals surface area contributed by atoms with Gasteiger partial charge in [0.1, 0.15) is 0 Å². The molecule has 0 unspecified atom stereocenters.